The van der Waals surface area contributed by atoms with Crippen LogP contribution < -0.4 is 30.7 Å². The van der Waals surface area contributed by atoms with E-state index in [-0.39, 0.29) is 39.0 Å². The third kappa shape index (κ3) is 9.75. The van der Waals surface area contributed by atoms with Gasteiger partial charge in [-0.25, -0.2) is 4.39 Å². The van der Waals surface area contributed by atoms with Gasteiger partial charge in [-0.1, -0.05) is 12.1 Å². The van der Waals surface area contributed by atoms with Gasteiger partial charge >= 0.3 is 0 Å². The van der Waals surface area contributed by atoms with Crippen molar-refractivity contribution < 1.29 is 37.8 Å². The van der Waals surface area contributed by atoms with E-state index in [1.807, 2.05) is 0 Å². The molecule has 0 aliphatic carbocycles. The molecule has 1 fully saturated rings. The number of hydrogen-bond donors (Lipinski definition) is 4. The first kappa shape index (κ1) is 31.8. The van der Waals surface area contributed by atoms with Crippen molar-refractivity contribution in [1.82, 2.24) is 26.2 Å². The largest absolute Gasteiger partial charge is 0.497 e. The lowest BCUT2D eigenvalue weighted by atomic mass is 10.0. The zero-order chi connectivity index (χ0) is 30.6. The van der Waals surface area contributed by atoms with Crippen LogP contribution >= 0.6 is 0 Å². The summed E-state index contributed by atoms with van der Waals surface area (Å²) in [6.07, 6.45) is -0.444. The predicted octanol–water partition coefficient (Wildman–Crippen LogP) is 0.819. The monoisotopic (exact) mass is 585 g/mol. The molecular formula is C29H36FN5O7. The molecule has 1 saturated heterocycles. The quantitative estimate of drug-likeness (QED) is 0.351. The minimum absolute atomic E-state index is 0.0360. The van der Waals surface area contributed by atoms with Crippen LogP contribution in [0.5, 0.6) is 11.5 Å². The number of nitrogens with zero attached hydrogens (tertiary/aromatic N) is 1. The van der Waals surface area contributed by atoms with Gasteiger partial charge in [0.25, 0.3) is 0 Å². The number of benzene rings is 2. The van der Waals surface area contributed by atoms with Crippen molar-refractivity contribution in [3.05, 3.63) is 59.9 Å². The summed E-state index contributed by atoms with van der Waals surface area (Å²) in [6.45, 7) is 1.43. The van der Waals surface area contributed by atoms with Gasteiger partial charge in [0.05, 0.1) is 32.7 Å². The van der Waals surface area contributed by atoms with Gasteiger partial charge in [0.15, 0.2) is 0 Å². The zero-order valence-electron chi connectivity index (χ0n) is 23.8. The van der Waals surface area contributed by atoms with Crippen molar-refractivity contribution in [2.24, 2.45) is 0 Å². The Morgan fingerprint density at radius 1 is 0.976 bits per heavy atom. The van der Waals surface area contributed by atoms with Gasteiger partial charge in [0.1, 0.15) is 36.0 Å². The molecule has 3 atom stereocenters. The van der Waals surface area contributed by atoms with Gasteiger partial charge in [0.2, 0.25) is 29.5 Å². The second kappa shape index (κ2) is 15.4. The Balaban J connectivity index is 1.72. The average molecular weight is 586 g/mol. The number of likely N-dealkylation sites (N-methyl/N-ethyl adjacent to an activating group) is 1. The molecule has 5 amide bonds. The number of methoxy groups -OCH3 is 1. The topological polar surface area (TPSA) is 155 Å². The molecule has 0 saturated carbocycles. The van der Waals surface area contributed by atoms with E-state index in [0.29, 0.717) is 17.1 Å². The Morgan fingerprint density at radius 3 is 2.31 bits per heavy atom. The van der Waals surface area contributed by atoms with Crippen LogP contribution in [0.3, 0.4) is 0 Å². The molecular weight excluding hydrogens is 549 g/mol. The minimum atomic E-state index is -1.08. The summed E-state index contributed by atoms with van der Waals surface area (Å²) in [4.78, 5) is 65.4. The molecule has 13 heteroatoms. The fourth-order valence-corrected chi connectivity index (χ4v) is 4.20. The smallest absolute Gasteiger partial charge is 0.242 e. The van der Waals surface area contributed by atoms with Crippen molar-refractivity contribution in [1.29, 1.82) is 0 Å². The van der Waals surface area contributed by atoms with Crippen molar-refractivity contribution in [2.75, 3.05) is 33.9 Å². The Hall–Kier alpha value is -4.68. The summed E-state index contributed by atoms with van der Waals surface area (Å²) in [5, 5.41) is 10.6. The third-order valence-electron chi connectivity index (χ3n) is 6.58. The maximum absolute atomic E-state index is 13.6. The van der Waals surface area contributed by atoms with Crippen molar-refractivity contribution in [3.8, 4) is 11.5 Å². The van der Waals surface area contributed by atoms with Crippen LogP contribution in [0.4, 0.5) is 4.39 Å². The summed E-state index contributed by atoms with van der Waals surface area (Å²) in [7, 11) is 2.98. The Bertz CT molecular complexity index is 1260. The molecule has 1 aliphatic heterocycles. The van der Waals surface area contributed by atoms with Crippen LogP contribution in [0.25, 0.3) is 0 Å². The number of carbonyl (C=O) groups is 5. The summed E-state index contributed by atoms with van der Waals surface area (Å²) in [5.41, 5.74) is 0.453. The maximum Gasteiger partial charge on any atom is 0.242 e. The Morgan fingerprint density at radius 2 is 1.64 bits per heavy atom. The van der Waals surface area contributed by atoms with E-state index < -0.39 is 53.5 Å². The molecule has 0 unspecified atom stereocenters. The number of rotatable bonds is 7. The number of ether oxygens (including phenoxy) is 2. The first-order chi connectivity index (χ1) is 20.0. The summed E-state index contributed by atoms with van der Waals surface area (Å²) in [6, 6.07) is 9.25. The van der Waals surface area contributed by atoms with Crippen molar-refractivity contribution >= 4 is 29.5 Å². The number of amides is 5. The molecule has 42 heavy (non-hydrogen) atoms. The fourth-order valence-electron chi connectivity index (χ4n) is 4.20. The second-order valence-electron chi connectivity index (χ2n) is 9.83. The second-order valence-corrected chi connectivity index (χ2v) is 9.83. The lowest BCUT2D eigenvalue weighted by Crippen LogP contribution is -2.49. The molecule has 12 nitrogen and oxygen atoms in total. The molecule has 2 aromatic rings. The van der Waals surface area contributed by atoms with Crippen LogP contribution in [0.15, 0.2) is 48.5 Å². The summed E-state index contributed by atoms with van der Waals surface area (Å²) in [5.74, 6) is -1.91. The first-order valence-electron chi connectivity index (χ1n) is 13.5. The molecule has 0 radical (unpaired) electrons. The standard InChI is InChI=1S/C29H36FN5O7/c1-18-28(39)34-24(19-4-6-20(30)7-5-19)16-25(36)33-23(12-13-27(38)35(2)17-26(37)32-18)29(40)31-14-15-42-22-10-8-21(41-3)9-11-22/h4-11,18,23-24H,12-17H2,1-3H3,(H,31,40)(H,32,37)(H,33,36)(H,34,39)/t18-,23-,24+/m0/s1. The van der Waals surface area contributed by atoms with Crippen LogP contribution in [0.1, 0.15) is 37.8 Å². The van der Waals surface area contributed by atoms with E-state index in [1.54, 1.807) is 31.4 Å². The van der Waals surface area contributed by atoms with E-state index in [4.69, 9.17) is 9.47 Å². The highest BCUT2D eigenvalue weighted by atomic mass is 19.1. The normalized spacial score (nSPS) is 20.8. The number of halogens is 1. The van der Waals surface area contributed by atoms with Crippen molar-refractivity contribution in [3.63, 3.8) is 0 Å². The fraction of sp³-hybridized carbons (Fsp3) is 0.414. The molecule has 2 aromatic carbocycles. The molecule has 0 bridgehead atoms. The first-order valence-corrected chi connectivity index (χ1v) is 13.5. The molecule has 226 valence electrons. The molecule has 1 heterocycles. The lowest BCUT2D eigenvalue weighted by molar-refractivity contribution is -0.136. The van der Waals surface area contributed by atoms with Gasteiger partial charge < -0.3 is 35.6 Å². The third-order valence-corrected chi connectivity index (χ3v) is 6.58. The highest BCUT2D eigenvalue weighted by Gasteiger charge is 2.28. The molecule has 0 spiro atoms. The number of carbonyl (C=O) groups excluding carboxylic acids is 5. The van der Waals surface area contributed by atoms with E-state index >= 15 is 0 Å². The lowest BCUT2D eigenvalue weighted by Gasteiger charge is -2.23. The zero-order valence-corrected chi connectivity index (χ0v) is 23.8. The predicted molar refractivity (Wildman–Crippen MR) is 150 cm³/mol. The van der Waals surface area contributed by atoms with Crippen LogP contribution in [0, 0.1) is 5.82 Å². The average Bonchev–Trinajstić information content (AvgIpc) is 2.97. The van der Waals surface area contributed by atoms with E-state index in [9.17, 15) is 28.4 Å². The van der Waals surface area contributed by atoms with E-state index in [2.05, 4.69) is 21.3 Å². The molecule has 1 aliphatic rings. The maximum atomic E-state index is 13.6. The van der Waals surface area contributed by atoms with Crippen LogP contribution in [-0.4, -0.2) is 80.4 Å². The van der Waals surface area contributed by atoms with E-state index in [1.165, 1.54) is 43.1 Å². The highest BCUT2D eigenvalue weighted by Crippen LogP contribution is 2.19. The minimum Gasteiger partial charge on any atom is -0.497 e. The number of hydrogen-bond acceptors (Lipinski definition) is 7. The molecule has 0 aromatic heterocycles. The van der Waals surface area contributed by atoms with Gasteiger partial charge in [-0.3, -0.25) is 24.0 Å². The van der Waals surface area contributed by atoms with Gasteiger partial charge in [-0.05, 0) is 55.3 Å². The SMILES string of the molecule is COc1ccc(OCCNC(=O)[C@@H]2CCC(=O)N(C)CC(=O)N[C@@H](C)C(=O)N[C@@H](c3ccc(F)cc3)CC(=O)N2)cc1. The molecule has 4 N–H and O–H groups in total. The summed E-state index contributed by atoms with van der Waals surface area (Å²) < 4.78 is 24.3. The van der Waals surface area contributed by atoms with Crippen LogP contribution in [0.2, 0.25) is 0 Å². The Labute approximate surface area is 243 Å². The summed E-state index contributed by atoms with van der Waals surface area (Å²) >= 11 is 0. The van der Waals surface area contributed by atoms with Crippen molar-refractivity contribution in [2.45, 2.75) is 44.3 Å². The van der Waals surface area contributed by atoms with E-state index in [0.717, 1.165) is 0 Å². The van der Waals surface area contributed by atoms with Crippen LogP contribution in [-0.2, 0) is 24.0 Å². The highest BCUT2D eigenvalue weighted by molar-refractivity contribution is 5.92. The molecule has 3 rings (SSSR count). The number of nitrogens with one attached hydrogen (secondary N) is 4. The van der Waals surface area contributed by atoms with Gasteiger partial charge in [0, 0.05) is 13.5 Å². The van der Waals surface area contributed by atoms with Gasteiger partial charge in [-0.15, -0.1) is 0 Å². The Kier molecular flexibility index (Phi) is 11.6. The van der Waals surface area contributed by atoms with Gasteiger partial charge in [-0.2, -0.15) is 0 Å².